The maximum atomic E-state index is 11.8. The Labute approximate surface area is 135 Å². The molecule has 3 rings (SSSR count). The number of aromatic nitrogens is 2. The van der Waals surface area contributed by atoms with E-state index in [2.05, 4.69) is 20.2 Å². The summed E-state index contributed by atoms with van der Waals surface area (Å²) in [7, 11) is 0. The molecule has 6 heteroatoms. The molecule has 0 spiro atoms. The van der Waals surface area contributed by atoms with Gasteiger partial charge in [0.2, 0.25) is 11.9 Å². The van der Waals surface area contributed by atoms with Gasteiger partial charge in [-0.3, -0.25) is 4.79 Å². The second kappa shape index (κ2) is 7.58. The number of amides is 1. The minimum Gasteiger partial charge on any atom is -0.465 e. The predicted molar refractivity (Wildman–Crippen MR) is 89.1 cm³/mol. The van der Waals surface area contributed by atoms with Gasteiger partial charge < -0.3 is 14.6 Å². The number of hydrogen-bond donors (Lipinski definition) is 1. The Kier molecular flexibility index (Phi) is 5.03. The van der Waals surface area contributed by atoms with Gasteiger partial charge in [0, 0.05) is 19.2 Å². The molecule has 1 aliphatic heterocycles. The number of nitrogens with one attached hydrogen (secondary N) is 1. The van der Waals surface area contributed by atoms with Gasteiger partial charge >= 0.3 is 0 Å². The van der Waals surface area contributed by atoms with Crippen LogP contribution in [0.2, 0.25) is 0 Å². The van der Waals surface area contributed by atoms with Gasteiger partial charge in [0.1, 0.15) is 5.76 Å². The average Bonchev–Trinajstić information content (AvgIpc) is 2.94. The third kappa shape index (κ3) is 4.42. The van der Waals surface area contributed by atoms with Crippen LogP contribution in [-0.4, -0.2) is 29.0 Å². The van der Waals surface area contributed by atoms with Gasteiger partial charge in [-0.15, -0.1) is 0 Å². The van der Waals surface area contributed by atoms with Crippen molar-refractivity contribution in [1.29, 1.82) is 0 Å². The fourth-order valence-corrected chi connectivity index (χ4v) is 2.55. The van der Waals surface area contributed by atoms with E-state index in [0.717, 1.165) is 19.0 Å². The van der Waals surface area contributed by atoms with Crippen molar-refractivity contribution < 1.29 is 9.21 Å². The van der Waals surface area contributed by atoms with Crippen LogP contribution in [0.3, 0.4) is 0 Å². The first-order valence-electron chi connectivity index (χ1n) is 7.91. The molecule has 0 bridgehead atoms. The number of anilines is 2. The quantitative estimate of drug-likeness (QED) is 0.878. The second-order valence-electron chi connectivity index (χ2n) is 5.51. The Morgan fingerprint density at radius 1 is 1.17 bits per heavy atom. The third-order valence-electron chi connectivity index (χ3n) is 3.74. The van der Waals surface area contributed by atoms with E-state index in [9.17, 15) is 4.79 Å². The summed E-state index contributed by atoms with van der Waals surface area (Å²) in [6.07, 6.45) is 12.8. The molecule has 0 aliphatic carbocycles. The lowest BCUT2D eigenvalue weighted by atomic mass is 10.2. The molecule has 0 saturated carbocycles. The van der Waals surface area contributed by atoms with Gasteiger partial charge in [-0.05, 0) is 31.1 Å². The van der Waals surface area contributed by atoms with Gasteiger partial charge in [0.05, 0.1) is 24.3 Å². The summed E-state index contributed by atoms with van der Waals surface area (Å²) >= 11 is 0. The first-order chi connectivity index (χ1) is 11.3. The molecule has 23 heavy (non-hydrogen) atoms. The number of carbonyl (C=O) groups is 1. The summed E-state index contributed by atoms with van der Waals surface area (Å²) in [5.74, 6) is 1.12. The highest BCUT2D eigenvalue weighted by Gasteiger charge is 2.12. The van der Waals surface area contributed by atoms with Crippen molar-refractivity contribution in [3.05, 3.63) is 42.6 Å². The molecule has 6 nitrogen and oxygen atoms in total. The van der Waals surface area contributed by atoms with E-state index in [0.29, 0.717) is 11.4 Å². The number of rotatable bonds is 4. The van der Waals surface area contributed by atoms with Crippen LogP contribution in [-0.2, 0) is 4.79 Å². The van der Waals surface area contributed by atoms with Crippen LogP contribution in [0.4, 0.5) is 11.6 Å². The van der Waals surface area contributed by atoms with Crippen molar-refractivity contribution in [1.82, 2.24) is 9.97 Å². The second-order valence-corrected chi connectivity index (χ2v) is 5.51. The van der Waals surface area contributed by atoms with Crippen molar-refractivity contribution in [3.8, 4) is 0 Å². The van der Waals surface area contributed by atoms with Gasteiger partial charge in [-0.2, -0.15) is 0 Å². The Morgan fingerprint density at radius 2 is 1.91 bits per heavy atom. The van der Waals surface area contributed by atoms with E-state index >= 15 is 0 Å². The standard InChI is InChI=1S/C17H20N4O2/c22-16(8-7-15-6-5-11-23-15)20-14-12-18-17(19-13-14)21-9-3-1-2-4-10-21/h5-8,11-13H,1-4,9-10H2,(H,20,22)/b8-7+. The summed E-state index contributed by atoms with van der Waals surface area (Å²) < 4.78 is 5.13. The highest BCUT2D eigenvalue weighted by molar-refractivity contribution is 6.01. The summed E-state index contributed by atoms with van der Waals surface area (Å²) in [5, 5.41) is 2.74. The van der Waals surface area contributed by atoms with Crippen LogP contribution in [0, 0.1) is 0 Å². The minimum absolute atomic E-state index is 0.243. The third-order valence-corrected chi connectivity index (χ3v) is 3.74. The average molecular weight is 312 g/mol. The molecular weight excluding hydrogens is 292 g/mol. The van der Waals surface area contributed by atoms with Gasteiger partial charge in [-0.1, -0.05) is 12.8 Å². The lowest BCUT2D eigenvalue weighted by Gasteiger charge is -2.19. The highest BCUT2D eigenvalue weighted by atomic mass is 16.3. The van der Waals surface area contributed by atoms with Crippen molar-refractivity contribution in [2.75, 3.05) is 23.3 Å². The smallest absolute Gasteiger partial charge is 0.248 e. The lowest BCUT2D eigenvalue weighted by Crippen LogP contribution is -2.26. The first kappa shape index (κ1) is 15.3. The summed E-state index contributed by atoms with van der Waals surface area (Å²) in [6.45, 7) is 2.00. The fraction of sp³-hybridized carbons (Fsp3) is 0.353. The first-order valence-corrected chi connectivity index (χ1v) is 7.91. The zero-order valence-electron chi connectivity index (χ0n) is 12.9. The molecule has 1 fully saturated rings. The molecular formula is C17H20N4O2. The molecule has 120 valence electrons. The minimum atomic E-state index is -0.243. The summed E-state index contributed by atoms with van der Waals surface area (Å²) in [5.41, 5.74) is 0.581. The zero-order valence-corrected chi connectivity index (χ0v) is 12.9. The number of furan rings is 1. The monoisotopic (exact) mass is 312 g/mol. The number of hydrogen-bond acceptors (Lipinski definition) is 5. The number of carbonyl (C=O) groups excluding carboxylic acids is 1. The topological polar surface area (TPSA) is 71.3 Å². The van der Waals surface area contributed by atoms with Crippen LogP contribution in [0.15, 0.2) is 41.3 Å². The number of nitrogens with zero attached hydrogens (tertiary/aromatic N) is 3. The fourth-order valence-electron chi connectivity index (χ4n) is 2.55. The zero-order chi connectivity index (χ0) is 15.9. The summed E-state index contributed by atoms with van der Waals surface area (Å²) in [4.78, 5) is 22.8. The van der Waals surface area contributed by atoms with Crippen LogP contribution in [0.5, 0.6) is 0 Å². The van der Waals surface area contributed by atoms with E-state index in [1.54, 1.807) is 36.9 Å². The van der Waals surface area contributed by atoms with Crippen LogP contribution < -0.4 is 10.2 Å². The van der Waals surface area contributed by atoms with Crippen molar-refractivity contribution in [3.63, 3.8) is 0 Å². The summed E-state index contributed by atoms with van der Waals surface area (Å²) in [6, 6.07) is 3.55. The van der Waals surface area contributed by atoms with Crippen LogP contribution in [0.25, 0.3) is 6.08 Å². The van der Waals surface area contributed by atoms with E-state index < -0.39 is 0 Å². The molecule has 1 saturated heterocycles. The van der Waals surface area contributed by atoms with Crippen molar-refractivity contribution in [2.24, 2.45) is 0 Å². The molecule has 2 aromatic rings. The molecule has 1 N–H and O–H groups in total. The maximum absolute atomic E-state index is 11.8. The Hall–Kier alpha value is -2.63. The normalized spacial score (nSPS) is 15.6. The van der Waals surface area contributed by atoms with E-state index in [-0.39, 0.29) is 5.91 Å². The maximum Gasteiger partial charge on any atom is 0.248 e. The molecule has 0 atom stereocenters. The molecule has 1 amide bonds. The van der Waals surface area contributed by atoms with E-state index in [4.69, 9.17) is 4.42 Å². The Balaban J connectivity index is 1.57. The Bertz CT molecular complexity index is 642. The molecule has 1 aliphatic rings. The molecule has 0 unspecified atom stereocenters. The lowest BCUT2D eigenvalue weighted by molar-refractivity contribution is -0.111. The van der Waals surface area contributed by atoms with E-state index in [1.165, 1.54) is 31.8 Å². The highest BCUT2D eigenvalue weighted by Crippen LogP contribution is 2.16. The molecule has 2 aromatic heterocycles. The van der Waals surface area contributed by atoms with Gasteiger partial charge in [0.25, 0.3) is 0 Å². The molecule has 0 aromatic carbocycles. The van der Waals surface area contributed by atoms with Gasteiger partial charge in [0.15, 0.2) is 0 Å². The van der Waals surface area contributed by atoms with Crippen LogP contribution >= 0.6 is 0 Å². The predicted octanol–water partition coefficient (Wildman–Crippen LogP) is 3.10. The largest absolute Gasteiger partial charge is 0.465 e. The molecule has 3 heterocycles. The SMILES string of the molecule is O=C(/C=C/c1ccco1)Nc1cnc(N2CCCCCC2)nc1. The Morgan fingerprint density at radius 3 is 2.57 bits per heavy atom. The van der Waals surface area contributed by atoms with Crippen molar-refractivity contribution in [2.45, 2.75) is 25.7 Å². The van der Waals surface area contributed by atoms with Gasteiger partial charge in [-0.25, -0.2) is 9.97 Å². The molecule has 0 radical (unpaired) electrons. The van der Waals surface area contributed by atoms with Crippen molar-refractivity contribution >= 4 is 23.6 Å². The van der Waals surface area contributed by atoms with Crippen LogP contribution in [0.1, 0.15) is 31.4 Å². The van der Waals surface area contributed by atoms with E-state index in [1.807, 2.05) is 0 Å².